The normalized spacial score (nSPS) is 16.0. The Kier molecular flexibility index (Phi) is 5.20. The molecule has 7 nitrogen and oxygen atoms in total. The third-order valence-electron chi connectivity index (χ3n) is 5.98. The molecule has 0 radical (unpaired) electrons. The van der Waals surface area contributed by atoms with Crippen LogP contribution in [0, 0.1) is 11.7 Å². The van der Waals surface area contributed by atoms with E-state index >= 15 is 0 Å². The number of aromatic nitrogens is 4. The minimum atomic E-state index is -0.415. The number of benzene rings is 2. The zero-order chi connectivity index (χ0) is 23.1. The summed E-state index contributed by atoms with van der Waals surface area (Å²) in [7, 11) is 1.63. The molecule has 2 aromatic heterocycles. The number of fused-ring (bicyclic) bond motifs is 3. The first-order valence-electron chi connectivity index (χ1n) is 10.9. The summed E-state index contributed by atoms with van der Waals surface area (Å²) in [4.78, 5) is 33.1. The maximum atomic E-state index is 13.5. The summed E-state index contributed by atoms with van der Waals surface area (Å²) in [6.07, 6.45) is 3.70. The lowest BCUT2D eigenvalue weighted by molar-refractivity contribution is 0.458. The van der Waals surface area contributed by atoms with E-state index in [9.17, 15) is 14.0 Å². The molecule has 1 aliphatic heterocycles. The second-order valence-electron chi connectivity index (χ2n) is 8.46. The Balaban J connectivity index is 1.63. The van der Waals surface area contributed by atoms with Gasteiger partial charge in [0.15, 0.2) is 11.2 Å². The van der Waals surface area contributed by atoms with Crippen LogP contribution in [0.2, 0.25) is 0 Å². The Morgan fingerprint density at radius 2 is 1.79 bits per heavy atom. The fraction of sp³-hybridized carbons (Fsp3) is 0.240. The smallest absolute Gasteiger partial charge is 0.312 e. The van der Waals surface area contributed by atoms with E-state index in [1.54, 1.807) is 19.2 Å². The van der Waals surface area contributed by atoms with Crippen molar-refractivity contribution in [2.24, 2.45) is 13.0 Å². The highest BCUT2D eigenvalue weighted by molar-refractivity contribution is 5.77. The molecule has 0 N–H and O–H groups in total. The molecule has 8 heteroatoms. The average Bonchev–Trinajstić information content (AvgIpc) is 3.20. The number of allylic oxidation sites excluding steroid dienone is 1. The van der Waals surface area contributed by atoms with Gasteiger partial charge < -0.3 is 9.47 Å². The van der Waals surface area contributed by atoms with Crippen LogP contribution in [0.3, 0.4) is 0 Å². The lowest BCUT2D eigenvalue weighted by atomic mass is 10.1. The maximum absolute atomic E-state index is 13.5. The SMILES string of the molecule is C[C@@H]1CN(c2ccc(F)cc2)c2nc3c(c(=O)n(C/C=C/c4ccccc4)c(=O)n3C)n2C1. The number of hydrogen-bond acceptors (Lipinski definition) is 4. The number of aryl methyl sites for hydroxylation is 1. The summed E-state index contributed by atoms with van der Waals surface area (Å²) in [5.41, 5.74) is 1.76. The highest BCUT2D eigenvalue weighted by atomic mass is 19.1. The molecule has 0 amide bonds. The van der Waals surface area contributed by atoms with Gasteiger partial charge >= 0.3 is 5.69 Å². The quantitative estimate of drug-likeness (QED) is 0.482. The average molecular weight is 445 g/mol. The molecule has 0 unspecified atom stereocenters. The predicted molar refractivity (Wildman–Crippen MR) is 127 cm³/mol. The van der Waals surface area contributed by atoms with E-state index in [1.807, 2.05) is 52.0 Å². The van der Waals surface area contributed by atoms with Crippen LogP contribution in [0.1, 0.15) is 12.5 Å². The van der Waals surface area contributed by atoms with E-state index in [0.717, 1.165) is 11.3 Å². The van der Waals surface area contributed by atoms with Crippen molar-refractivity contribution in [2.45, 2.75) is 20.0 Å². The molecule has 0 saturated heterocycles. The van der Waals surface area contributed by atoms with Crippen LogP contribution in [0.5, 0.6) is 0 Å². The van der Waals surface area contributed by atoms with Crippen LogP contribution in [0.15, 0.2) is 70.3 Å². The fourth-order valence-corrected chi connectivity index (χ4v) is 4.36. The van der Waals surface area contributed by atoms with Gasteiger partial charge in [-0.25, -0.2) is 9.18 Å². The highest BCUT2D eigenvalue weighted by Gasteiger charge is 2.29. The van der Waals surface area contributed by atoms with Gasteiger partial charge in [0.1, 0.15) is 5.82 Å². The molecular formula is C25H24FN5O2. The minimum absolute atomic E-state index is 0.161. The van der Waals surface area contributed by atoms with E-state index in [2.05, 4.69) is 11.9 Å². The summed E-state index contributed by atoms with van der Waals surface area (Å²) in [5, 5.41) is 0. The molecule has 0 fully saturated rings. The van der Waals surface area contributed by atoms with Crippen molar-refractivity contribution in [3.05, 3.63) is 92.9 Å². The topological polar surface area (TPSA) is 65.1 Å². The summed E-state index contributed by atoms with van der Waals surface area (Å²) in [6.45, 7) is 3.54. The molecule has 1 atom stereocenters. The zero-order valence-electron chi connectivity index (χ0n) is 18.5. The molecule has 3 heterocycles. The van der Waals surface area contributed by atoms with Crippen molar-refractivity contribution in [2.75, 3.05) is 11.4 Å². The van der Waals surface area contributed by atoms with Gasteiger partial charge in [-0.05, 0) is 35.7 Å². The third kappa shape index (κ3) is 3.67. The Morgan fingerprint density at radius 1 is 1.06 bits per heavy atom. The summed E-state index contributed by atoms with van der Waals surface area (Å²) in [6, 6.07) is 15.9. The van der Waals surface area contributed by atoms with Gasteiger partial charge in [-0.3, -0.25) is 13.9 Å². The maximum Gasteiger partial charge on any atom is 0.332 e. The first-order valence-corrected chi connectivity index (χ1v) is 10.9. The minimum Gasteiger partial charge on any atom is -0.312 e. The highest BCUT2D eigenvalue weighted by Crippen LogP contribution is 2.32. The Labute approximate surface area is 189 Å². The van der Waals surface area contributed by atoms with E-state index in [-0.39, 0.29) is 23.8 Å². The monoisotopic (exact) mass is 445 g/mol. The van der Waals surface area contributed by atoms with E-state index in [4.69, 9.17) is 0 Å². The fourth-order valence-electron chi connectivity index (χ4n) is 4.36. The third-order valence-corrected chi connectivity index (χ3v) is 5.98. The van der Waals surface area contributed by atoms with Gasteiger partial charge in [0.2, 0.25) is 5.95 Å². The van der Waals surface area contributed by atoms with Gasteiger partial charge in [0.25, 0.3) is 5.56 Å². The number of imidazole rings is 1. The molecule has 5 rings (SSSR count). The molecule has 33 heavy (non-hydrogen) atoms. The van der Waals surface area contributed by atoms with Gasteiger partial charge in [-0.2, -0.15) is 4.98 Å². The van der Waals surface area contributed by atoms with Crippen molar-refractivity contribution in [3.8, 4) is 0 Å². The van der Waals surface area contributed by atoms with E-state index in [1.165, 1.54) is 21.3 Å². The van der Waals surface area contributed by atoms with Crippen molar-refractivity contribution in [1.29, 1.82) is 0 Å². The molecule has 2 aromatic carbocycles. The van der Waals surface area contributed by atoms with Gasteiger partial charge in [0.05, 0.1) is 0 Å². The Hall–Kier alpha value is -3.94. The predicted octanol–water partition coefficient (Wildman–Crippen LogP) is 3.54. The van der Waals surface area contributed by atoms with Crippen LogP contribution < -0.4 is 16.1 Å². The molecule has 168 valence electrons. The van der Waals surface area contributed by atoms with Gasteiger partial charge in [-0.15, -0.1) is 0 Å². The molecular weight excluding hydrogens is 421 g/mol. The summed E-state index contributed by atoms with van der Waals surface area (Å²) < 4.78 is 18.0. The number of anilines is 2. The second-order valence-corrected chi connectivity index (χ2v) is 8.46. The van der Waals surface area contributed by atoms with Gasteiger partial charge in [-0.1, -0.05) is 49.4 Å². The van der Waals surface area contributed by atoms with Crippen LogP contribution in [-0.4, -0.2) is 25.2 Å². The number of rotatable bonds is 4. The van der Waals surface area contributed by atoms with Crippen molar-refractivity contribution in [1.82, 2.24) is 18.7 Å². The van der Waals surface area contributed by atoms with E-state index < -0.39 is 5.69 Å². The molecule has 0 saturated carbocycles. The van der Waals surface area contributed by atoms with Crippen LogP contribution >= 0.6 is 0 Å². The van der Waals surface area contributed by atoms with Crippen molar-refractivity contribution >= 4 is 28.9 Å². The first-order chi connectivity index (χ1) is 15.9. The van der Waals surface area contributed by atoms with Crippen molar-refractivity contribution in [3.63, 3.8) is 0 Å². The first kappa shape index (κ1) is 20.9. The number of hydrogen-bond donors (Lipinski definition) is 0. The lowest BCUT2D eigenvalue weighted by Crippen LogP contribution is -2.40. The number of nitrogens with zero attached hydrogens (tertiary/aromatic N) is 5. The molecule has 0 aliphatic carbocycles. The van der Waals surface area contributed by atoms with E-state index in [0.29, 0.717) is 30.2 Å². The molecule has 1 aliphatic rings. The molecule has 4 aromatic rings. The molecule has 0 bridgehead atoms. The molecule has 0 spiro atoms. The number of halogens is 1. The second kappa shape index (κ2) is 8.20. The van der Waals surface area contributed by atoms with Crippen LogP contribution in [-0.2, 0) is 20.1 Å². The van der Waals surface area contributed by atoms with Crippen LogP contribution in [0.4, 0.5) is 16.0 Å². The lowest BCUT2D eigenvalue weighted by Gasteiger charge is -2.32. The zero-order valence-corrected chi connectivity index (χ0v) is 18.5. The Morgan fingerprint density at radius 3 is 2.52 bits per heavy atom. The Bertz CT molecular complexity index is 1470. The summed E-state index contributed by atoms with van der Waals surface area (Å²) >= 11 is 0. The largest absolute Gasteiger partial charge is 0.332 e. The standard InChI is InChI=1S/C25H24FN5O2/c1-17-15-30(20-12-10-19(26)11-13-20)24-27-22-21(31(24)16-17)23(32)29(25(33)28(22)2)14-6-9-18-7-4-3-5-8-18/h3-13,17H,14-16H2,1-2H3/b9-6+/t17-/m1/s1. The van der Waals surface area contributed by atoms with Crippen molar-refractivity contribution < 1.29 is 4.39 Å². The summed E-state index contributed by atoms with van der Waals surface area (Å²) in [5.74, 6) is 0.494. The van der Waals surface area contributed by atoms with Gasteiger partial charge in [0, 0.05) is 32.4 Å². The van der Waals surface area contributed by atoms with Crippen LogP contribution in [0.25, 0.3) is 17.2 Å².